The fourth-order valence-corrected chi connectivity index (χ4v) is 1.71. The van der Waals surface area contributed by atoms with E-state index in [0.717, 1.165) is 12.0 Å². The van der Waals surface area contributed by atoms with Crippen molar-refractivity contribution in [2.24, 2.45) is 5.92 Å². The normalized spacial score (nSPS) is 13.3. The SMILES string of the molecule is CCc1ccccc1OCC(=O)NC(C)C(C)C(=O)O. The van der Waals surface area contributed by atoms with Crippen molar-refractivity contribution in [3.05, 3.63) is 29.8 Å². The van der Waals surface area contributed by atoms with Crippen molar-refractivity contribution in [1.29, 1.82) is 0 Å². The molecule has 2 unspecified atom stereocenters. The van der Waals surface area contributed by atoms with E-state index in [0.29, 0.717) is 5.75 Å². The van der Waals surface area contributed by atoms with Gasteiger partial charge in [-0.05, 0) is 31.9 Å². The summed E-state index contributed by atoms with van der Waals surface area (Å²) in [6, 6.07) is 7.09. The molecule has 2 N–H and O–H groups in total. The van der Waals surface area contributed by atoms with E-state index >= 15 is 0 Å². The highest BCUT2D eigenvalue weighted by Crippen LogP contribution is 2.17. The molecule has 0 saturated carbocycles. The van der Waals surface area contributed by atoms with Gasteiger partial charge in [0.1, 0.15) is 5.75 Å². The van der Waals surface area contributed by atoms with E-state index < -0.39 is 17.9 Å². The molecule has 0 radical (unpaired) electrons. The summed E-state index contributed by atoms with van der Waals surface area (Å²) in [6.07, 6.45) is 0.824. The number of aryl methyl sites for hydroxylation is 1. The summed E-state index contributed by atoms with van der Waals surface area (Å²) in [5.74, 6) is -1.21. The summed E-state index contributed by atoms with van der Waals surface area (Å²) < 4.78 is 5.47. The molecule has 5 heteroatoms. The topological polar surface area (TPSA) is 75.6 Å². The lowest BCUT2D eigenvalue weighted by molar-refractivity contribution is -0.142. The van der Waals surface area contributed by atoms with Crippen LogP contribution in [-0.4, -0.2) is 29.6 Å². The van der Waals surface area contributed by atoms with Gasteiger partial charge in [0.05, 0.1) is 5.92 Å². The second-order valence-electron chi connectivity index (χ2n) is 4.73. The molecule has 1 aromatic rings. The number of carboxylic acid groups (broad SMARTS) is 1. The van der Waals surface area contributed by atoms with Gasteiger partial charge in [-0.15, -0.1) is 0 Å². The van der Waals surface area contributed by atoms with Crippen LogP contribution in [0.3, 0.4) is 0 Å². The number of rotatable bonds is 7. The van der Waals surface area contributed by atoms with Crippen LogP contribution in [0.5, 0.6) is 5.75 Å². The van der Waals surface area contributed by atoms with Crippen molar-refractivity contribution >= 4 is 11.9 Å². The number of carbonyl (C=O) groups is 2. The van der Waals surface area contributed by atoms with E-state index in [-0.39, 0.29) is 12.5 Å². The van der Waals surface area contributed by atoms with Crippen molar-refractivity contribution in [2.45, 2.75) is 33.2 Å². The standard InChI is InChI=1S/C15H21NO4/c1-4-12-7-5-6-8-13(12)20-9-14(17)16-11(3)10(2)15(18)19/h5-8,10-11H,4,9H2,1-3H3,(H,16,17)(H,18,19). The van der Waals surface area contributed by atoms with Crippen LogP contribution in [0.15, 0.2) is 24.3 Å². The summed E-state index contributed by atoms with van der Waals surface area (Å²) >= 11 is 0. The Morgan fingerprint density at radius 1 is 1.30 bits per heavy atom. The number of hydrogen-bond acceptors (Lipinski definition) is 3. The van der Waals surface area contributed by atoms with Crippen molar-refractivity contribution in [3.63, 3.8) is 0 Å². The molecule has 1 aromatic carbocycles. The summed E-state index contributed by atoms with van der Waals surface area (Å²) in [7, 11) is 0. The van der Waals surface area contributed by atoms with Gasteiger partial charge in [-0.2, -0.15) is 0 Å². The number of nitrogens with one attached hydrogen (secondary N) is 1. The molecule has 110 valence electrons. The number of hydrogen-bond donors (Lipinski definition) is 2. The Morgan fingerprint density at radius 3 is 2.55 bits per heavy atom. The van der Waals surface area contributed by atoms with Gasteiger partial charge in [0.2, 0.25) is 0 Å². The molecule has 0 aliphatic heterocycles. The van der Waals surface area contributed by atoms with E-state index in [1.165, 1.54) is 0 Å². The van der Waals surface area contributed by atoms with Crippen LogP contribution < -0.4 is 10.1 Å². The molecular formula is C15H21NO4. The largest absolute Gasteiger partial charge is 0.483 e. The monoisotopic (exact) mass is 279 g/mol. The molecule has 20 heavy (non-hydrogen) atoms. The van der Waals surface area contributed by atoms with E-state index in [9.17, 15) is 9.59 Å². The number of benzene rings is 1. The van der Waals surface area contributed by atoms with Crippen LogP contribution in [0.4, 0.5) is 0 Å². The molecule has 0 heterocycles. The maximum atomic E-state index is 11.7. The van der Waals surface area contributed by atoms with Crippen LogP contribution in [0.1, 0.15) is 26.3 Å². The van der Waals surface area contributed by atoms with Crippen molar-refractivity contribution in [1.82, 2.24) is 5.32 Å². The van der Waals surface area contributed by atoms with Gasteiger partial charge in [0.25, 0.3) is 5.91 Å². The fraction of sp³-hybridized carbons (Fsp3) is 0.467. The highest BCUT2D eigenvalue weighted by atomic mass is 16.5. The number of carbonyl (C=O) groups excluding carboxylic acids is 1. The summed E-state index contributed by atoms with van der Waals surface area (Å²) in [6.45, 7) is 5.11. The van der Waals surface area contributed by atoms with Crippen LogP contribution in [0.2, 0.25) is 0 Å². The Hall–Kier alpha value is -2.04. The lowest BCUT2D eigenvalue weighted by atomic mass is 10.0. The molecule has 5 nitrogen and oxygen atoms in total. The third-order valence-electron chi connectivity index (χ3n) is 3.24. The van der Waals surface area contributed by atoms with Crippen LogP contribution in [0, 0.1) is 5.92 Å². The first-order valence-electron chi connectivity index (χ1n) is 6.68. The first kappa shape index (κ1) is 16.0. The fourth-order valence-electron chi connectivity index (χ4n) is 1.71. The first-order valence-corrected chi connectivity index (χ1v) is 6.68. The van der Waals surface area contributed by atoms with Gasteiger partial charge in [-0.25, -0.2) is 0 Å². The van der Waals surface area contributed by atoms with E-state index in [2.05, 4.69) is 5.32 Å². The molecule has 1 rings (SSSR count). The van der Waals surface area contributed by atoms with Crippen LogP contribution in [0.25, 0.3) is 0 Å². The third-order valence-corrected chi connectivity index (χ3v) is 3.24. The minimum absolute atomic E-state index is 0.117. The molecule has 0 fully saturated rings. The van der Waals surface area contributed by atoms with Crippen LogP contribution >= 0.6 is 0 Å². The van der Waals surface area contributed by atoms with Crippen molar-refractivity contribution in [2.75, 3.05) is 6.61 Å². The smallest absolute Gasteiger partial charge is 0.308 e. The van der Waals surface area contributed by atoms with E-state index in [1.54, 1.807) is 13.8 Å². The van der Waals surface area contributed by atoms with Gasteiger partial charge in [0, 0.05) is 6.04 Å². The van der Waals surface area contributed by atoms with Crippen molar-refractivity contribution in [3.8, 4) is 5.75 Å². The number of para-hydroxylation sites is 1. The second-order valence-corrected chi connectivity index (χ2v) is 4.73. The molecule has 0 saturated heterocycles. The average Bonchev–Trinajstić information content (AvgIpc) is 2.44. The molecule has 1 amide bonds. The highest BCUT2D eigenvalue weighted by molar-refractivity contribution is 5.79. The molecule has 0 spiro atoms. The predicted molar refractivity (Wildman–Crippen MR) is 75.7 cm³/mol. The number of ether oxygens (including phenoxy) is 1. The Balaban J connectivity index is 2.49. The molecule has 2 atom stereocenters. The van der Waals surface area contributed by atoms with E-state index in [4.69, 9.17) is 9.84 Å². The van der Waals surface area contributed by atoms with E-state index in [1.807, 2.05) is 31.2 Å². The minimum atomic E-state index is -0.935. The average molecular weight is 279 g/mol. The lowest BCUT2D eigenvalue weighted by Gasteiger charge is -2.18. The van der Waals surface area contributed by atoms with Gasteiger partial charge in [-0.1, -0.05) is 25.1 Å². The zero-order chi connectivity index (χ0) is 15.1. The zero-order valence-electron chi connectivity index (χ0n) is 12.1. The number of amides is 1. The van der Waals surface area contributed by atoms with Gasteiger partial charge in [0.15, 0.2) is 6.61 Å². The Morgan fingerprint density at radius 2 is 1.95 bits per heavy atom. The number of aliphatic carboxylic acids is 1. The third kappa shape index (κ3) is 4.57. The summed E-state index contributed by atoms with van der Waals surface area (Å²) in [5.41, 5.74) is 1.03. The maximum absolute atomic E-state index is 11.7. The van der Waals surface area contributed by atoms with Crippen molar-refractivity contribution < 1.29 is 19.4 Å². The van der Waals surface area contributed by atoms with Gasteiger partial charge >= 0.3 is 5.97 Å². The Bertz CT molecular complexity index is 473. The lowest BCUT2D eigenvalue weighted by Crippen LogP contribution is -2.42. The highest BCUT2D eigenvalue weighted by Gasteiger charge is 2.21. The molecule has 0 aliphatic rings. The second kappa shape index (κ2) is 7.53. The minimum Gasteiger partial charge on any atom is -0.483 e. The zero-order valence-corrected chi connectivity index (χ0v) is 12.1. The maximum Gasteiger partial charge on any atom is 0.308 e. The van der Waals surface area contributed by atoms with Gasteiger partial charge in [-0.3, -0.25) is 9.59 Å². The number of carboxylic acids is 1. The molecular weight excluding hydrogens is 258 g/mol. The molecule has 0 aromatic heterocycles. The quantitative estimate of drug-likeness (QED) is 0.798. The van der Waals surface area contributed by atoms with Crippen LogP contribution in [-0.2, 0) is 16.0 Å². The summed E-state index contributed by atoms with van der Waals surface area (Å²) in [4.78, 5) is 22.5. The predicted octanol–water partition coefficient (Wildman–Crippen LogP) is 1.85. The van der Waals surface area contributed by atoms with Gasteiger partial charge < -0.3 is 15.2 Å². The Kier molecular flexibility index (Phi) is 6.03. The summed E-state index contributed by atoms with van der Waals surface area (Å²) in [5, 5.41) is 11.5. The molecule has 0 aliphatic carbocycles. The first-order chi connectivity index (χ1) is 9.45. The molecule has 0 bridgehead atoms. The Labute approximate surface area is 118 Å².